The first-order valence-electron chi connectivity index (χ1n) is 7.99. The fourth-order valence-corrected chi connectivity index (χ4v) is 3.54. The Bertz CT molecular complexity index is 1050. The van der Waals surface area contributed by atoms with E-state index in [2.05, 4.69) is 10.3 Å². The maximum absolute atomic E-state index is 13.2. The third kappa shape index (κ3) is 4.81. The second-order valence-electron chi connectivity index (χ2n) is 5.74. The molecule has 0 aliphatic heterocycles. The molecule has 3 rings (SSSR count). The summed E-state index contributed by atoms with van der Waals surface area (Å²) in [6, 6.07) is 10.4. The van der Waals surface area contributed by atoms with Gasteiger partial charge in [-0.05, 0) is 36.4 Å². The smallest absolute Gasteiger partial charge is 0.234 e. The lowest BCUT2D eigenvalue weighted by Crippen LogP contribution is -2.14. The molecule has 1 amide bonds. The van der Waals surface area contributed by atoms with Crippen molar-refractivity contribution in [1.29, 1.82) is 0 Å². The fraction of sp³-hybridized carbons (Fsp3) is 0.158. The number of hydrogen-bond acceptors (Lipinski definition) is 4. The minimum atomic E-state index is -0.453. The number of ether oxygens (including phenoxy) is 1. The van der Waals surface area contributed by atoms with Crippen molar-refractivity contribution in [1.82, 2.24) is 4.98 Å². The Morgan fingerprint density at radius 1 is 1.26 bits per heavy atom. The maximum Gasteiger partial charge on any atom is 0.234 e. The fourth-order valence-electron chi connectivity index (χ4n) is 2.55. The minimum Gasteiger partial charge on any atom is -0.495 e. The SMILES string of the molecule is COc1ccc(NC(=O)CSCc2cc(=O)c3cc(F)ccc3[nH]2)cc1Cl. The van der Waals surface area contributed by atoms with Crippen LogP contribution < -0.4 is 15.5 Å². The van der Waals surface area contributed by atoms with Crippen LogP contribution in [0.5, 0.6) is 5.75 Å². The highest BCUT2D eigenvalue weighted by molar-refractivity contribution is 7.99. The minimum absolute atomic E-state index is 0.188. The first kappa shape index (κ1) is 19.3. The number of pyridine rings is 1. The molecule has 5 nitrogen and oxygen atoms in total. The number of thioether (sulfide) groups is 1. The van der Waals surface area contributed by atoms with Crippen LogP contribution >= 0.6 is 23.4 Å². The van der Waals surface area contributed by atoms with E-state index in [1.165, 1.54) is 43.1 Å². The molecule has 2 aromatic carbocycles. The topological polar surface area (TPSA) is 71.2 Å². The molecule has 0 unspecified atom stereocenters. The Morgan fingerprint density at radius 2 is 2.07 bits per heavy atom. The number of carbonyl (C=O) groups is 1. The van der Waals surface area contributed by atoms with Crippen molar-refractivity contribution in [2.75, 3.05) is 18.2 Å². The van der Waals surface area contributed by atoms with Crippen molar-refractivity contribution in [2.45, 2.75) is 5.75 Å². The molecule has 0 aliphatic rings. The number of H-pyrrole nitrogens is 1. The maximum atomic E-state index is 13.2. The summed E-state index contributed by atoms with van der Waals surface area (Å²) in [6.07, 6.45) is 0. The van der Waals surface area contributed by atoms with Crippen LogP contribution in [-0.2, 0) is 10.5 Å². The van der Waals surface area contributed by atoms with Crippen LogP contribution in [0.25, 0.3) is 10.9 Å². The number of fused-ring (bicyclic) bond motifs is 1. The van der Waals surface area contributed by atoms with E-state index in [9.17, 15) is 14.0 Å². The first-order chi connectivity index (χ1) is 13.0. The quantitative estimate of drug-likeness (QED) is 0.643. The van der Waals surface area contributed by atoms with Crippen LogP contribution in [0.2, 0.25) is 5.02 Å². The van der Waals surface area contributed by atoms with Gasteiger partial charge in [0.15, 0.2) is 5.43 Å². The Balaban J connectivity index is 1.58. The summed E-state index contributed by atoms with van der Waals surface area (Å²) in [7, 11) is 1.52. The zero-order chi connectivity index (χ0) is 19.4. The van der Waals surface area contributed by atoms with Crippen LogP contribution in [-0.4, -0.2) is 23.8 Å². The van der Waals surface area contributed by atoms with Crippen molar-refractivity contribution in [3.63, 3.8) is 0 Å². The highest BCUT2D eigenvalue weighted by Gasteiger charge is 2.08. The molecule has 140 valence electrons. The van der Waals surface area contributed by atoms with E-state index in [1.807, 2.05) is 0 Å². The number of carbonyl (C=O) groups excluding carboxylic acids is 1. The molecule has 0 radical (unpaired) electrons. The van der Waals surface area contributed by atoms with Gasteiger partial charge in [0.1, 0.15) is 11.6 Å². The lowest BCUT2D eigenvalue weighted by molar-refractivity contribution is -0.113. The van der Waals surface area contributed by atoms with E-state index in [1.54, 1.807) is 18.2 Å². The van der Waals surface area contributed by atoms with Gasteiger partial charge in [-0.1, -0.05) is 11.6 Å². The lowest BCUT2D eigenvalue weighted by atomic mass is 10.2. The molecule has 0 spiro atoms. The van der Waals surface area contributed by atoms with Crippen LogP contribution in [0, 0.1) is 5.82 Å². The highest BCUT2D eigenvalue weighted by atomic mass is 35.5. The molecule has 1 heterocycles. The van der Waals surface area contributed by atoms with Crippen LogP contribution in [0.3, 0.4) is 0 Å². The molecule has 0 saturated carbocycles. The van der Waals surface area contributed by atoms with Crippen LogP contribution in [0.15, 0.2) is 47.3 Å². The molecule has 3 aromatic rings. The second kappa shape index (κ2) is 8.45. The van der Waals surface area contributed by atoms with E-state index < -0.39 is 5.82 Å². The van der Waals surface area contributed by atoms with Gasteiger partial charge in [-0.15, -0.1) is 11.8 Å². The van der Waals surface area contributed by atoms with E-state index >= 15 is 0 Å². The van der Waals surface area contributed by atoms with Crippen molar-refractivity contribution >= 4 is 45.9 Å². The van der Waals surface area contributed by atoms with Gasteiger partial charge in [-0.2, -0.15) is 0 Å². The van der Waals surface area contributed by atoms with Crippen molar-refractivity contribution in [2.24, 2.45) is 0 Å². The summed E-state index contributed by atoms with van der Waals surface area (Å²) < 4.78 is 18.3. The predicted molar refractivity (Wildman–Crippen MR) is 107 cm³/mol. The Morgan fingerprint density at radius 3 is 2.81 bits per heavy atom. The van der Waals surface area contributed by atoms with Gasteiger partial charge in [-0.3, -0.25) is 9.59 Å². The zero-order valence-electron chi connectivity index (χ0n) is 14.3. The predicted octanol–water partition coefficient (Wildman–Crippen LogP) is 4.20. The van der Waals surface area contributed by atoms with Crippen molar-refractivity contribution in [3.05, 3.63) is 69.2 Å². The summed E-state index contributed by atoms with van der Waals surface area (Å²) in [5.74, 6) is 0.535. The monoisotopic (exact) mass is 406 g/mol. The lowest BCUT2D eigenvalue weighted by Gasteiger charge is -2.08. The molecule has 0 bridgehead atoms. The van der Waals surface area contributed by atoms with Gasteiger partial charge in [0.25, 0.3) is 0 Å². The summed E-state index contributed by atoms with van der Waals surface area (Å²) in [5, 5.41) is 3.47. The van der Waals surface area contributed by atoms with Crippen molar-refractivity contribution in [3.8, 4) is 5.75 Å². The summed E-state index contributed by atoms with van der Waals surface area (Å²) in [5.41, 5.74) is 1.56. The van der Waals surface area contributed by atoms with Gasteiger partial charge in [0.2, 0.25) is 5.91 Å². The molecular weight excluding hydrogens is 391 g/mol. The Hall–Kier alpha value is -2.51. The number of anilines is 1. The zero-order valence-corrected chi connectivity index (χ0v) is 15.9. The number of aromatic nitrogens is 1. The van der Waals surface area contributed by atoms with Gasteiger partial charge in [0.05, 0.1) is 17.9 Å². The first-order valence-corrected chi connectivity index (χ1v) is 9.52. The molecule has 8 heteroatoms. The number of halogens is 2. The molecule has 0 atom stereocenters. The number of nitrogens with one attached hydrogen (secondary N) is 2. The normalized spacial score (nSPS) is 10.8. The number of hydrogen-bond donors (Lipinski definition) is 2. The number of amides is 1. The summed E-state index contributed by atoms with van der Waals surface area (Å²) >= 11 is 7.38. The third-order valence-corrected chi connectivity index (χ3v) is 5.05. The Labute approximate surface area is 163 Å². The molecule has 0 fully saturated rings. The average molecular weight is 407 g/mol. The average Bonchev–Trinajstić information content (AvgIpc) is 2.62. The molecule has 1 aromatic heterocycles. The van der Waals surface area contributed by atoms with E-state index in [-0.39, 0.29) is 17.1 Å². The molecule has 2 N–H and O–H groups in total. The highest BCUT2D eigenvalue weighted by Crippen LogP contribution is 2.27. The molecular formula is C19H16ClFN2O3S. The van der Waals surface area contributed by atoms with Crippen molar-refractivity contribution < 1.29 is 13.9 Å². The van der Waals surface area contributed by atoms with Gasteiger partial charge >= 0.3 is 0 Å². The van der Waals surface area contributed by atoms with Gasteiger partial charge in [0, 0.05) is 34.1 Å². The third-order valence-electron chi connectivity index (χ3n) is 3.77. The van der Waals surface area contributed by atoms with Gasteiger partial charge < -0.3 is 15.0 Å². The molecule has 0 saturated heterocycles. The van der Waals surface area contributed by atoms with Crippen LogP contribution in [0.4, 0.5) is 10.1 Å². The summed E-state index contributed by atoms with van der Waals surface area (Å²) in [4.78, 5) is 27.2. The van der Waals surface area contributed by atoms with E-state index in [0.717, 1.165) is 0 Å². The second-order valence-corrected chi connectivity index (χ2v) is 7.13. The number of methoxy groups -OCH3 is 1. The van der Waals surface area contributed by atoms with Crippen LogP contribution in [0.1, 0.15) is 5.69 Å². The summed E-state index contributed by atoms with van der Waals surface area (Å²) in [6.45, 7) is 0. The van der Waals surface area contributed by atoms with E-state index in [0.29, 0.717) is 38.8 Å². The number of aromatic amines is 1. The Kier molecular flexibility index (Phi) is 6.03. The number of rotatable bonds is 6. The standard InChI is InChI=1S/C19H16ClFN2O3S/c1-26-18-5-3-12(7-15(18)20)23-19(25)10-27-9-13-8-17(24)14-6-11(21)2-4-16(14)22-13/h2-8H,9-10H2,1H3,(H,22,24)(H,23,25). The molecule has 0 aliphatic carbocycles. The largest absolute Gasteiger partial charge is 0.495 e. The van der Waals surface area contributed by atoms with Gasteiger partial charge in [-0.25, -0.2) is 4.39 Å². The molecule has 27 heavy (non-hydrogen) atoms. The number of benzene rings is 2. The van der Waals surface area contributed by atoms with E-state index in [4.69, 9.17) is 16.3 Å².